The van der Waals surface area contributed by atoms with Crippen LogP contribution in [-0.2, 0) is 14.3 Å². The standard InChI is InChI=1S/C11H18O3/c1-10(8-12)4-5-11(2,14-10)9-3-6-13-7-9/h8-9H,3-7H2,1-2H3. The molecule has 0 saturated carbocycles. The van der Waals surface area contributed by atoms with Crippen molar-refractivity contribution in [2.45, 2.75) is 44.3 Å². The molecule has 3 unspecified atom stereocenters. The first kappa shape index (κ1) is 10.1. The maximum Gasteiger partial charge on any atom is 0.151 e. The second-order valence-corrected chi connectivity index (χ2v) is 4.91. The predicted octanol–water partition coefficient (Wildman–Crippen LogP) is 1.55. The molecule has 0 amide bonds. The topological polar surface area (TPSA) is 35.5 Å². The Morgan fingerprint density at radius 3 is 2.64 bits per heavy atom. The molecule has 2 aliphatic rings. The van der Waals surface area contributed by atoms with Crippen LogP contribution < -0.4 is 0 Å². The molecule has 0 aliphatic carbocycles. The summed E-state index contributed by atoms with van der Waals surface area (Å²) in [7, 11) is 0. The van der Waals surface area contributed by atoms with Gasteiger partial charge in [-0.25, -0.2) is 0 Å². The lowest BCUT2D eigenvalue weighted by Crippen LogP contribution is -2.38. The van der Waals surface area contributed by atoms with Gasteiger partial charge in [-0.2, -0.15) is 0 Å². The van der Waals surface area contributed by atoms with Gasteiger partial charge in [-0.3, -0.25) is 0 Å². The normalized spacial score (nSPS) is 48.3. The molecule has 2 heterocycles. The van der Waals surface area contributed by atoms with Crippen molar-refractivity contribution in [3.05, 3.63) is 0 Å². The molecule has 2 rings (SSSR count). The van der Waals surface area contributed by atoms with E-state index in [1.165, 1.54) is 0 Å². The first-order valence-corrected chi connectivity index (χ1v) is 5.32. The van der Waals surface area contributed by atoms with Gasteiger partial charge in [-0.15, -0.1) is 0 Å². The highest BCUT2D eigenvalue weighted by atomic mass is 16.5. The maximum absolute atomic E-state index is 10.9. The SMILES string of the molecule is CC1(C=O)CCC(C)(C2CCOC2)O1. The van der Waals surface area contributed by atoms with Crippen molar-refractivity contribution >= 4 is 6.29 Å². The van der Waals surface area contributed by atoms with Crippen LogP contribution in [0, 0.1) is 5.92 Å². The minimum absolute atomic E-state index is 0.147. The molecule has 0 aromatic carbocycles. The summed E-state index contributed by atoms with van der Waals surface area (Å²) in [6, 6.07) is 0. The average Bonchev–Trinajstić information content (AvgIpc) is 2.75. The molecule has 14 heavy (non-hydrogen) atoms. The Balaban J connectivity index is 2.07. The van der Waals surface area contributed by atoms with Crippen LogP contribution in [-0.4, -0.2) is 30.7 Å². The van der Waals surface area contributed by atoms with E-state index in [9.17, 15) is 4.79 Å². The molecule has 2 aliphatic heterocycles. The molecule has 3 atom stereocenters. The third-order valence-electron chi connectivity index (χ3n) is 3.63. The molecule has 2 saturated heterocycles. The third-order valence-corrected chi connectivity index (χ3v) is 3.63. The van der Waals surface area contributed by atoms with Crippen LogP contribution in [0.4, 0.5) is 0 Å². The molecule has 0 aromatic rings. The van der Waals surface area contributed by atoms with Crippen molar-refractivity contribution in [3.8, 4) is 0 Å². The number of carbonyl (C=O) groups is 1. The van der Waals surface area contributed by atoms with Crippen LogP contribution in [0.3, 0.4) is 0 Å². The highest BCUT2D eigenvalue weighted by molar-refractivity contribution is 5.62. The van der Waals surface area contributed by atoms with Crippen LogP contribution in [0.25, 0.3) is 0 Å². The Bertz CT molecular complexity index is 235. The number of rotatable bonds is 2. The molecule has 0 radical (unpaired) electrons. The predicted molar refractivity (Wildman–Crippen MR) is 52.1 cm³/mol. The lowest BCUT2D eigenvalue weighted by molar-refractivity contribution is -0.143. The summed E-state index contributed by atoms with van der Waals surface area (Å²) in [6.45, 7) is 5.61. The number of aldehydes is 1. The number of ether oxygens (including phenoxy) is 2. The van der Waals surface area contributed by atoms with E-state index in [0.29, 0.717) is 5.92 Å². The zero-order valence-corrected chi connectivity index (χ0v) is 8.91. The highest BCUT2D eigenvalue weighted by Crippen LogP contribution is 2.43. The summed E-state index contributed by atoms with van der Waals surface area (Å²) in [4.78, 5) is 10.9. The van der Waals surface area contributed by atoms with Crippen LogP contribution in [0.15, 0.2) is 0 Å². The third kappa shape index (κ3) is 1.59. The lowest BCUT2D eigenvalue weighted by atomic mass is 9.86. The quantitative estimate of drug-likeness (QED) is 0.631. The van der Waals surface area contributed by atoms with E-state index in [1.807, 2.05) is 6.92 Å². The Hall–Kier alpha value is -0.410. The monoisotopic (exact) mass is 198 g/mol. The molecule has 3 heteroatoms. The van der Waals surface area contributed by atoms with Crippen molar-refractivity contribution in [2.24, 2.45) is 5.92 Å². The first-order chi connectivity index (χ1) is 6.58. The van der Waals surface area contributed by atoms with Gasteiger partial charge >= 0.3 is 0 Å². The van der Waals surface area contributed by atoms with Crippen LogP contribution in [0.1, 0.15) is 33.1 Å². The summed E-state index contributed by atoms with van der Waals surface area (Å²) in [6.07, 6.45) is 3.80. The zero-order valence-electron chi connectivity index (χ0n) is 8.91. The fourth-order valence-electron chi connectivity index (χ4n) is 2.52. The van der Waals surface area contributed by atoms with E-state index in [2.05, 4.69) is 6.92 Å². The van der Waals surface area contributed by atoms with Gasteiger partial charge in [0.05, 0.1) is 12.2 Å². The number of hydrogen-bond acceptors (Lipinski definition) is 3. The van der Waals surface area contributed by atoms with Gasteiger partial charge in [0, 0.05) is 12.5 Å². The Labute approximate surface area is 84.8 Å². The van der Waals surface area contributed by atoms with Gasteiger partial charge in [-0.1, -0.05) is 0 Å². The highest BCUT2D eigenvalue weighted by Gasteiger charge is 2.48. The van der Waals surface area contributed by atoms with Crippen LogP contribution in [0.2, 0.25) is 0 Å². The molecule has 0 aromatic heterocycles. The summed E-state index contributed by atoms with van der Waals surface area (Å²) in [5.41, 5.74) is -0.705. The summed E-state index contributed by atoms with van der Waals surface area (Å²) < 4.78 is 11.3. The molecule has 2 fully saturated rings. The fourth-order valence-corrected chi connectivity index (χ4v) is 2.52. The smallest absolute Gasteiger partial charge is 0.151 e. The van der Waals surface area contributed by atoms with Crippen LogP contribution >= 0.6 is 0 Å². The second-order valence-electron chi connectivity index (χ2n) is 4.91. The van der Waals surface area contributed by atoms with Gasteiger partial charge in [0.25, 0.3) is 0 Å². The van der Waals surface area contributed by atoms with E-state index in [-0.39, 0.29) is 5.60 Å². The van der Waals surface area contributed by atoms with Gasteiger partial charge in [0.15, 0.2) is 6.29 Å². The second kappa shape index (κ2) is 3.31. The number of hydrogen-bond donors (Lipinski definition) is 0. The summed E-state index contributed by atoms with van der Waals surface area (Å²) in [5, 5.41) is 0. The minimum Gasteiger partial charge on any atom is -0.381 e. The average molecular weight is 198 g/mol. The van der Waals surface area contributed by atoms with E-state index < -0.39 is 5.60 Å². The van der Waals surface area contributed by atoms with Gasteiger partial charge < -0.3 is 14.3 Å². The van der Waals surface area contributed by atoms with Crippen molar-refractivity contribution < 1.29 is 14.3 Å². The molecule has 0 N–H and O–H groups in total. The first-order valence-electron chi connectivity index (χ1n) is 5.32. The molecule has 0 bridgehead atoms. The van der Waals surface area contributed by atoms with E-state index in [1.54, 1.807) is 0 Å². The number of carbonyl (C=O) groups excluding carboxylic acids is 1. The molecular weight excluding hydrogens is 180 g/mol. The molecular formula is C11H18O3. The van der Waals surface area contributed by atoms with Gasteiger partial charge in [0.1, 0.15) is 5.60 Å². The molecule has 3 nitrogen and oxygen atoms in total. The van der Waals surface area contributed by atoms with E-state index in [0.717, 1.165) is 38.8 Å². The Kier molecular flexibility index (Phi) is 2.40. The van der Waals surface area contributed by atoms with Crippen molar-refractivity contribution in [1.29, 1.82) is 0 Å². The molecule has 80 valence electrons. The summed E-state index contributed by atoms with van der Waals surface area (Å²) in [5.74, 6) is 0.462. The van der Waals surface area contributed by atoms with E-state index >= 15 is 0 Å². The van der Waals surface area contributed by atoms with Crippen molar-refractivity contribution in [1.82, 2.24) is 0 Å². The van der Waals surface area contributed by atoms with E-state index in [4.69, 9.17) is 9.47 Å². The van der Waals surface area contributed by atoms with Crippen LogP contribution in [0.5, 0.6) is 0 Å². The zero-order chi connectivity index (χ0) is 10.2. The lowest BCUT2D eigenvalue weighted by Gasteiger charge is -2.32. The Morgan fingerprint density at radius 1 is 1.36 bits per heavy atom. The molecule has 0 spiro atoms. The minimum atomic E-state index is -0.558. The van der Waals surface area contributed by atoms with Crippen molar-refractivity contribution in [3.63, 3.8) is 0 Å². The van der Waals surface area contributed by atoms with Crippen molar-refractivity contribution in [2.75, 3.05) is 13.2 Å². The Morgan fingerprint density at radius 2 is 2.14 bits per heavy atom. The largest absolute Gasteiger partial charge is 0.381 e. The van der Waals surface area contributed by atoms with Gasteiger partial charge in [0.2, 0.25) is 0 Å². The fraction of sp³-hybridized carbons (Fsp3) is 0.909. The summed E-state index contributed by atoms with van der Waals surface area (Å²) >= 11 is 0. The van der Waals surface area contributed by atoms with Gasteiger partial charge in [-0.05, 0) is 33.1 Å². The maximum atomic E-state index is 10.9.